The van der Waals surface area contributed by atoms with Crippen LogP contribution in [-0.4, -0.2) is 16.1 Å². The number of aromatic amines is 1. The number of rotatable bonds is 4. The maximum absolute atomic E-state index is 14.3. The Morgan fingerprint density at radius 2 is 1.94 bits per heavy atom. The van der Waals surface area contributed by atoms with Crippen LogP contribution in [0.25, 0.3) is 10.8 Å². The molecule has 4 rings (SSSR count). The fourth-order valence-corrected chi connectivity index (χ4v) is 3.83. The summed E-state index contributed by atoms with van der Waals surface area (Å²) in [6, 6.07) is 15.1. The lowest BCUT2D eigenvalue weighted by molar-refractivity contribution is 0.0997. The lowest BCUT2D eigenvalue weighted by atomic mass is 9.89. The van der Waals surface area contributed by atoms with E-state index in [1.54, 1.807) is 31.2 Å². The van der Waals surface area contributed by atoms with E-state index in [0.717, 1.165) is 15.2 Å². The van der Waals surface area contributed by atoms with Crippen LogP contribution < -0.4 is 17.2 Å². The molecule has 0 fully saturated rings. The van der Waals surface area contributed by atoms with Crippen molar-refractivity contribution in [3.63, 3.8) is 0 Å². The maximum Gasteiger partial charge on any atom is 0.434 e. The van der Waals surface area contributed by atoms with Crippen LogP contribution >= 0.6 is 28.6 Å². The molecule has 0 spiro atoms. The number of nitrogens with two attached hydrogens (primary N) is 2. The molecule has 0 bridgehead atoms. The molecule has 32 heavy (non-hydrogen) atoms. The van der Waals surface area contributed by atoms with Crippen LogP contribution in [0.4, 0.5) is 4.39 Å². The average Bonchev–Trinajstić information content (AvgIpc) is 3.21. The Hall–Kier alpha value is -2.95. The first-order chi connectivity index (χ1) is 15.2. The molecule has 5 N–H and O–H groups in total. The molecule has 2 unspecified atom stereocenters. The normalized spacial score (nSPS) is 12.7. The summed E-state index contributed by atoms with van der Waals surface area (Å²) in [5, 5.41) is 7.60. The van der Waals surface area contributed by atoms with Crippen LogP contribution in [0.1, 0.15) is 40.7 Å². The van der Waals surface area contributed by atoms with Crippen molar-refractivity contribution in [2.45, 2.75) is 23.8 Å². The smallest absolute Gasteiger partial charge is 0.391 e. The van der Waals surface area contributed by atoms with Crippen molar-refractivity contribution in [2.75, 3.05) is 0 Å². The predicted molar refractivity (Wildman–Crippen MR) is 126 cm³/mol. The number of nitrogens with one attached hydrogen (secondary N) is 1. The monoisotopic (exact) mass is 518 g/mol. The van der Waals surface area contributed by atoms with Gasteiger partial charge < -0.3 is 15.9 Å². The molecule has 10 heteroatoms. The SMILES string of the molecule is CC(c1c(F)ccc2ccccc12)C(N)c1n[nH]c(=O)o1.NC(=O)c1cc(Br)ccc1S. The third-order valence-electron chi connectivity index (χ3n) is 4.88. The molecule has 4 aromatic rings. The lowest BCUT2D eigenvalue weighted by Gasteiger charge is -2.19. The molecule has 0 aliphatic rings. The van der Waals surface area contributed by atoms with Crippen molar-refractivity contribution in [2.24, 2.45) is 11.5 Å². The number of halogens is 2. The number of aromatic nitrogens is 2. The number of benzene rings is 3. The van der Waals surface area contributed by atoms with Gasteiger partial charge in [0.15, 0.2) is 0 Å². The van der Waals surface area contributed by atoms with Gasteiger partial charge in [-0.1, -0.05) is 53.2 Å². The van der Waals surface area contributed by atoms with E-state index < -0.39 is 23.6 Å². The van der Waals surface area contributed by atoms with Crippen LogP contribution in [0, 0.1) is 5.82 Å². The molecular formula is C22H20BrFN4O3S. The number of carbonyl (C=O) groups excluding carboxylic acids is 1. The molecule has 2 atom stereocenters. The highest BCUT2D eigenvalue weighted by Gasteiger charge is 2.25. The van der Waals surface area contributed by atoms with E-state index in [2.05, 4.69) is 38.8 Å². The summed E-state index contributed by atoms with van der Waals surface area (Å²) >= 11 is 7.29. The Morgan fingerprint density at radius 1 is 1.22 bits per heavy atom. The Labute approximate surface area is 196 Å². The van der Waals surface area contributed by atoms with Crippen molar-refractivity contribution in [3.05, 3.63) is 92.5 Å². The second-order valence-corrected chi connectivity index (χ2v) is 8.37. The summed E-state index contributed by atoms with van der Waals surface area (Å²) in [6.07, 6.45) is 0. The van der Waals surface area contributed by atoms with E-state index in [1.807, 2.05) is 24.3 Å². The second kappa shape index (κ2) is 10.1. The zero-order valence-electron chi connectivity index (χ0n) is 16.9. The molecule has 0 aliphatic carbocycles. The van der Waals surface area contributed by atoms with Crippen molar-refractivity contribution >= 4 is 45.2 Å². The number of hydrogen-bond acceptors (Lipinski definition) is 6. The van der Waals surface area contributed by atoms with Crippen molar-refractivity contribution < 1.29 is 13.6 Å². The predicted octanol–water partition coefficient (Wildman–Crippen LogP) is 4.30. The average molecular weight is 519 g/mol. The molecular weight excluding hydrogens is 499 g/mol. The highest BCUT2D eigenvalue weighted by molar-refractivity contribution is 9.10. The van der Waals surface area contributed by atoms with Gasteiger partial charge in [-0.25, -0.2) is 14.3 Å². The number of thiol groups is 1. The largest absolute Gasteiger partial charge is 0.434 e. The topological polar surface area (TPSA) is 128 Å². The quantitative estimate of drug-likeness (QED) is 0.299. The molecule has 0 radical (unpaired) electrons. The summed E-state index contributed by atoms with van der Waals surface area (Å²) in [7, 11) is 0. The zero-order valence-corrected chi connectivity index (χ0v) is 19.4. The van der Waals surface area contributed by atoms with E-state index in [4.69, 9.17) is 15.9 Å². The van der Waals surface area contributed by atoms with Crippen molar-refractivity contribution in [3.8, 4) is 0 Å². The fourth-order valence-electron chi connectivity index (χ4n) is 3.21. The minimum Gasteiger partial charge on any atom is -0.391 e. The minimum atomic E-state index is -0.718. The molecule has 166 valence electrons. The lowest BCUT2D eigenvalue weighted by Crippen LogP contribution is -2.19. The van der Waals surface area contributed by atoms with E-state index in [9.17, 15) is 14.0 Å². The van der Waals surface area contributed by atoms with Gasteiger partial charge in [-0.15, -0.1) is 17.7 Å². The molecule has 3 aromatic carbocycles. The summed E-state index contributed by atoms with van der Waals surface area (Å²) in [5.41, 5.74) is 12.1. The number of nitrogens with zero attached hydrogens (tertiary/aromatic N) is 1. The van der Waals surface area contributed by atoms with Crippen LogP contribution in [0.2, 0.25) is 0 Å². The Morgan fingerprint density at radius 3 is 2.56 bits per heavy atom. The van der Waals surface area contributed by atoms with Gasteiger partial charge in [0.2, 0.25) is 11.8 Å². The van der Waals surface area contributed by atoms with Crippen molar-refractivity contribution in [1.29, 1.82) is 0 Å². The molecule has 7 nitrogen and oxygen atoms in total. The third kappa shape index (κ3) is 5.26. The van der Waals surface area contributed by atoms with E-state index in [-0.39, 0.29) is 11.7 Å². The van der Waals surface area contributed by atoms with Crippen LogP contribution in [0.5, 0.6) is 0 Å². The second-order valence-electron chi connectivity index (χ2n) is 6.97. The maximum atomic E-state index is 14.3. The number of primary amides is 1. The fraction of sp³-hybridized carbons (Fsp3) is 0.136. The van der Waals surface area contributed by atoms with Gasteiger partial charge >= 0.3 is 5.76 Å². The van der Waals surface area contributed by atoms with Crippen LogP contribution in [-0.2, 0) is 0 Å². The van der Waals surface area contributed by atoms with E-state index >= 15 is 0 Å². The minimum absolute atomic E-state index is 0.0693. The molecule has 1 aromatic heterocycles. The first-order valence-electron chi connectivity index (χ1n) is 9.45. The highest BCUT2D eigenvalue weighted by Crippen LogP contribution is 2.34. The molecule has 1 amide bonds. The number of amides is 1. The van der Waals surface area contributed by atoms with Gasteiger partial charge in [-0.3, -0.25) is 4.79 Å². The summed E-state index contributed by atoms with van der Waals surface area (Å²) in [6.45, 7) is 1.78. The molecule has 0 aliphatic heterocycles. The standard InChI is InChI=1S/C15H14FN3O2.C7H6BrNOS/c1-8(13(17)14-18-19-15(20)21-14)12-10-5-3-2-4-9(10)6-7-11(12)16;8-4-1-2-6(11)5(3-4)7(9)10/h2-8,13H,17H2,1H3,(H,19,20);1-3,11H,(H2,9,10). The van der Waals surface area contributed by atoms with Crippen molar-refractivity contribution in [1.82, 2.24) is 10.2 Å². The van der Waals surface area contributed by atoms with Gasteiger partial charge in [0.1, 0.15) is 5.82 Å². The van der Waals surface area contributed by atoms with Gasteiger partial charge in [0.05, 0.1) is 11.6 Å². The molecule has 0 saturated heterocycles. The van der Waals surface area contributed by atoms with Gasteiger partial charge in [0.25, 0.3) is 0 Å². The summed E-state index contributed by atoms with van der Waals surface area (Å²) in [5.74, 6) is -1.81. The molecule has 1 heterocycles. The first-order valence-corrected chi connectivity index (χ1v) is 10.7. The van der Waals surface area contributed by atoms with Gasteiger partial charge in [-0.05, 0) is 35.0 Å². The zero-order chi connectivity index (χ0) is 23.4. The van der Waals surface area contributed by atoms with E-state index in [0.29, 0.717) is 16.0 Å². The first kappa shape index (κ1) is 23.7. The Balaban J connectivity index is 0.000000222. The Kier molecular flexibility index (Phi) is 7.49. The Bertz CT molecular complexity index is 1320. The number of H-pyrrole nitrogens is 1. The van der Waals surface area contributed by atoms with Crippen LogP contribution in [0.3, 0.4) is 0 Å². The summed E-state index contributed by atoms with van der Waals surface area (Å²) in [4.78, 5) is 22.3. The van der Waals surface area contributed by atoms with Crippen LogP contribution in [0.15, 0.2) is 73.2 Å². The number of fused-ring (bicyclic) bond motifs is 1. The van der Waals surface area contributed by atoms with Gasteiger partial charge in [0, 0.05) is 20.8 Å². The van der Waals surface area contributed by atoms with Gasteiger partial charge in [-0.2, -0.15) is 0 Å². The third-order valence-corrected chi connectivity index (χ3v) is 5.76. The number of carbonyl (C=O) groups is 1. The highest BCUT2D eigenvalue weighted by atomic mass is 79.9. The molecule has 0 saturated carbocycles. The number of hydrogen-bond donors (Lipinski definition) is 4. The van der Waals surface area contributed by atoms with E-state index in [1.165, 1.54) is 6.07 Å². The summed E-state index contributed by atoms with van der Waals surface area (Å²) < 4.78 is 20.0.